The number of ether oxygens (including phenoxy) is 2. The summed E-state index contributed by atoms with van der Waals surface area (Å²) in [5, 5.41) is 2.94. The summed E-state index contributed by atoms with van der Waals surface area (Å²) >= 11 is 2.97. The summed E-state index contributed by atoms with van der Waals surface area (Å²) in [4.78, 5) is 31.4. The van der Waals surface area contributed by atoms with E-state index in [-0.39, 0.29) is 11.8 Å². The van der Waals surface area contributed by atoms with Gasteiger partial charge in [-0.15, -0.1) is 11.3 Å². The number of hydrogen-bond donors (Lipinski definition) is 1. The average molecular weight is 486 g/mol. The van der Waals surface area contributed by atoms with E-state index >= 15 is 0 Å². The Balaban J connectivity index is 1.34. The molecule has 4 rings (SSSR count). The van der Waals surface area contributed by atoms with Crippen LogP contribution in [0.1, 0.15) is 30.1 Å². The maximum atomic E-state index is 12.6. The molecular formula is C24H27N3O4S2. The third-order valence-corrected chi connectivity index (χ3v) is 7.34. The van der Waals surface area contributed by atoms with Crippen LogP contribution in [0.25, 0.3) is 10.2 Å². The SMILES string of the molecule is CCCCOc1ccc(C(=O)Nc2ccc3nc(SCC(=O)N4CCOCC4)sc3c2)cc1. The third-order valence-electron chi connectivity index (χ3n) is 5.19. The Bertz CT molecular complexity index is 1090. The molecule has 1 aliphatic heterocycles. The number of morpholine rings is 1. The summed E-state index contributed by atoms with van der Waals surface area (Å²) in [6, 6.07) is 12.8. The molecule has 9 heteroatoms. The van der Waals surface area contributed by atoms with Gasteiger partial charge in [0.1, 0.15) is 5.75 Å². The highest BCUT2D eigenvalue weighted by atomic mass is 32.2. The number of nitrogens with zero attached hydrogens (tertiary/aromatic N) is 2. The van der Waals surface area contributed by atoms with Crippen molar-refractivity contribution in [2.75, 3.05) is 44.0 Å². The molecule has 33 heavy (non-hydrogen) atoms. The molecule has 0 bridgehead atoms. The van der Waals surface area contributed by atoms with Crippen LogP contribution in [0, 0.1) is 0 Å². The fourth-order valence-electron chi connectivity index (χ4n) is 3.31. The standard InChI is InChI=1S/C24H27N3O4S2/c1-2-3-12-31-19-7-4-17(5-8-19)23(29)25-18-6-9-20-21(15-18)33-24(26-20)32-16-22(28)27-10-13-30-14-11-27/h4-9,15H,2-3,10-14,16H2,1H3,(H,25,29). The number of thioether (sulfide) groups is 1. The van der Waals surface area contributed by atoms with Crippen LogP contribution in [-0.2, 0) is 9.53 Å². The van der Waals surface area contributed by atoms with Crippen LogP contribution in [0.2, 0.25) is 0 Å². The van der Waals surface area contributed by atoms with Gasteiger partial charge in [-0.1, -0.05) is 25.1 Å². The molecule has 2 aromatic carbocycles. The normalized spacial score (nSPS) is 13.8. The van der Waals surface area contributed by atoms with E-state index in [0.717, 1.165) is 33.1 Å². The molecule has 2 amide bonds. The number of aromatic nitrogens is 1. The topological polar surface area (TPSA) is 80.8 Å². The van der Waals surface area contributed by atoms with Crippen molar-refractivity contribution >= 4 is 50.8 Å². The van der Waals surface area contributed by atoms with Crippen LogP contribution in [-0.4, -0.2) is 60.4 Å². The van der Waals surface area contributed by atoms with E-state index in [2.05, 4.69) is 17.2 Å². The fourth-order valence-corrected chi connectivity index (χ4v) is 5.32. The van der Waals surface area contributed by atoms with E-state index in [1.165, 1.54) is 23.1 Å². The van der Waals surface area contributed by atoms with Crippen LogP contribution >= 0.6 is 23.1 Å². The molecule has 1 aliphatic rings. The van der Waals surface area contributed by atoms with Crippen LogP contribution in [0.3, 0.4) is 0 Å². The van der Waals surface area contributed by atoms with Gasteiger partial charge < -0.3 is 19.7 Å². The molecule has 0 unspecified atom stereocenters. The second kappa shape index (κ2) is 11.5. The zero-order chi connectivity index (χ0) is 23.0. The number of fused-ring (bicyclic) bond motifs is 1. The number of amides is 2. The number of carbonyl (C=O) groups excluding carboxylic acids is 2. The highest BCUT2D eigenvalue weighted by Gasteiger charge is 2.18. The summed E-state index contributed by atoms with van der Waals surface area (Å²) in [7, 11) is 0. The van der Waals surface area contributed by atoms with Crippen molar-refractivity contribution in [1.82, 2.24) is 9.88 Å². The van der Waals surface area contributed by atoms with Gasteiger partial charge >= 0.3 is 0 Å². The van der Waals surface area contributed by atoms with Gasteiger partial charge in [-0.2, -0.15) is 0 Å². The van der Waals surface area contributed by atoms with Gasteiger partial charge in [-0.3, -0.25) is 9.59 Å². The minimum atomic E-state index is -0.176. The second-order valence-corrected chi connectivity index (χ2v) is 9.88. The van der Waals surface area contributed by atoms with Crippen molar-refractivity contribution in [3.05, 3.63) is 48.0 Å². The van der Waals surface area contributed by atoms with Gasteiger partial charge in [0.25, 0.3) is 5.91 Å². The number of unbranched alkanes of at least 4 members (excludes halogenated alkanes) is 1. The first kappa shape index (κ1) is 23.5. The second-order valence-electron chi connectivity index (χ2n) is 7.62. The fraction of sp³-hybridized carbons (Fsp3) is 0.375. The average Bonchev–Trinajstić information content (AvgIpc) is 3.26. The van der Waals surface area contributed by atoms with Gasteiger partial charge in [0.05, 0.1) is 35.8 Å². The highest BCUT2D eigenvalue weighted by molar-refractivity contribution is 8.01. The Kier molecular flexibility index (Phi) is 8.20. The van der Waals surface area contributed by atoms with Crippen molar-refractivity contribution in [2.24, 2.45) is 0 Å². The minimum Gasteiger partial charge on any atom is -0.494 e. The molecule has 2 heterocycles. The first-order valence-electron chi connectivity index (χ1n) is 11.1. The summed E-state index contributed by atoms with van der Waals surface area (Å²) < 4.78 is 12.8. The first-order chi connectivity index (χ1) is 16.1. The van der Waals surface area contributed by atoms with Gasteiger partial charge in [0.2, 0.25) is 5.91 Å². The summed E-state index contributed by atoms with van der Waals surface area (Å²) in [5.74, 6) is 1.06. The predicted octanol–water partition coefficient (Wildman–Crippen LogP) is 4.68. The number of rotatable bonds is 9. The third kappa shape index (κ3) is 6.46. The smallest absolute Gasteiger partial charge is 0.255 e. The van der Waals surface area contributed by atoms with E-state index in [1.54, 1.807) is 12.1 Å². The maximum absolute atomic E-state index is 12.6. The summed E-state index contributed by atoms with van der Waals surface area (Å²) in [6.45, 7) is 5.30. The lowest BCUT2D eigenvalue weighted by atomic mass is 10.2. The monoisotopic (exact) mass is 485 g/mol. The number of carbonyl (C=O) groups is 2. The molecule has 0 aliphatic carbocycles. The van der Waals surface area contributed by atoms with Gasteiger partial charge in [0.15, 0.2) is 4.34 Å². The first-order valence-corrected chi connectivity index (χ1v) is 12.9. The molecule has 174 valence electrons. The van der Waals surface area contributed by atoms with Crippen molar-refractivity contribution in [3.63, 3.8) is 0 Å². The Morgan fingerprint density at radius 2 is 1.97 bits per heavy atom. The van der Waals surface area contributed by atoms with Crippen LogP contribution < -0.4 is 10.1 Å². The van der Waals surface area contributed by atoms with E-state index < -0.39 is 0 Å². The summed E-state index contributed by atoms with van der Waals surface area (Å²) in [5.41, 5.74) is 2.13. The quantitative estimate of drug-likeness (QED) is 0.350. The highest BCUT2D eigenvalue weighted by Crippen LogP contribution is 2.31. The number of anilines is 1. The molecule has 0 spiro atoms. The molecule has 1 fully saturated rings. The molecule has 1 aromatic heterocycles. The molecule has 0 atom stereocenters. The van der Waals surface area contributed by atoms with Crippen molar-refractivity contribution in [2.45, 2.75) is 24.1 Å². The lowest BCUT2D eigenvalue weighted by Crippen LogP contribution is -2.41. The Morgan fingerprint density at radius 1 is 1.18 bits per heavy atom. The molecule has 3 aromatic rings. The van der Waals surface area contributed by atoms with Gasteiger partial charge in [-0.25, -0.2) is 4.98 Å². The maximum Gasteiger partial charge on any atom is 0.255 e. The molecule has 1 saturated heterocycles. The zero-order valence-corrected chi connectivity index (χ0v) is 20.2. The van der Waals surface area contributed by atoms with Gasteiger partial charge in [-0.05, 0) is 48.9 Å². The molecular weight excluding hydrogens is 458 g/mol. The number of hydrogen-bond acceptors (Lipinski definition) is 7. The molecule has 7 nitrogen and oxygen atoms in total. The van der Waals surface area contributed by atoms with Crippen LogP contribution in [0.15, 0.2) is 46.8 Å². The molecule has 0 saturated carbocycles. The Morgan fingerprint density at radius 3 is 2.73 bits per heavy atom. The largest absolute Gasteiger partial charge is 0.494 e. The van der Waals surface area contributed by atoms with Gasteiger partial charge in [0, 0.05) is 24.3 Å². The lowest BCUT2D eigenvalue weighted by molar-refractivity contribution is -0.132. The van der Waals surface area contributed by atoms with E-state index in [0.29, 0.717) is 49.9 Å². The Hall–Kier alpha value is -2.62. The van der Waals surface area contributed by atoms with Crippen LogP contribution in [0.5, 0.6) is 5.75 Å². The zero-order valence-electron chi connectivity index (χ0n) is 18.5. The number of nitrogens with one attached hydrogen (secondary N) is 1. The molecule has 1 N–H and O–H groups in total. The number of benzene rings is 2. The van der Waals surface area contributed by atoms with Crippen molar-refractivity contribution in [3.8, 4) is 5.75 Å². The van der Waals surface area contributed by atoms with Crippen molar-refractivity contribution in [1.29, 1.82) is 0 Å². The van der Waals surface area contributed by atoms with Crippen LogP contribution in [0.4, 0.5) is 5.69 Å². The molecule has 0 radical (unpaired) electrons. The summed E-state index contributed by atoms with van der Waals surface area (Å²) in [6.07, 6.45) is 2.09. The van der Waals surface area contributed by atoms with E-state index in [1.807, 2.05) is 35.2 Å². The predicted molar refractivity (Wildman–Crippen MR) is 133 cm³/mol. The van der Waals surface area contributed by atoms with Crippen molar-refractivity contribution < 1.29 is 19.1 Å². The lowest BCUT2D eigenvalue weighted by Gasteiger charge is -2.26. The Labute approximate surface area is 201 Å². The number of thiazole rings is 1. The van der Waals surface area contributed by atoms with E-state index in [4.69, 9.17) is 9.47 Å². The minimum absolute atomic E-state index is 0.109. The van der Waals surface area contributed by atoms with E-state index in [9.17, 15) is 9.59 Å².